The molecule has 0 saturated carbocycles. The number of aromatic nitrogens is 4. The Morgan fingerprint density at radius 2 is 2.00 bits per heavy atom. The first-order valence-corrected chi connectivity index (χ1v) is 6.64. The van der Waals surface area contributed by atoms with E-state index in [2.05, 4.69) is 35.9 Å². The molecule has 0 fully saturated rings. The Balaban J connectivity index is 2.26. The number of rotatable bonds is 3. The molecule has 0 aliphatic carbocycles. The molecule has 0 spiro atoms. The molecular formula is C10H11BrN6S. The number of halogens is 1. The van der Waals surface area contributed by atoms with Crippen LogP contribution in [0.3, 0.4) is 0 Å². The molecule has 2 rings (SSSR count). The molecule has 2 N–H and O–H groups in total. The van der Waals surface area contributed by atoms with Gasteiger partial charge >= 0.3 is 0 Å². The van der Waals surface area contributed by atoms with Crippen LogP contribution in [0.2, 0.25) is 0 Å². The van der Waals surface area contributed by atoms with Crippen molar-refractivity contribution >= 4 is 39.6 Å². The Morgan fingerprint density at radius 3 is 2.61 bits per heavy atom. The smallest absolute Gasteiger partial charge is 0.230 e. The van der Waals surface area contributed by atoms with Crippen LogP contribution in [0.15, 0.2) is 33.0 Å². The van der Waals surface area contributed by atoms with E-state index in [0.29, 0.717) is 11.1 Å². The molecular weight excluding hydrogens is 316 g/mol. The van der Waals surface area contributed by atoms with Gasteiger partial charge in [-0.25, -0.2) is 4.98 Å². The van der Waals surface area contributed by atoms with Gasteiger partial charge in [0.15, 0.2) is 0 Å². The molecule has 18 heavy (non-hydrogen) atoms. The van der Waals surface area contributed by atoms with Crippen molar-refractivity contribution in [3.8, 4) is 0 Å². The number of nitrogens with two attached hydrogens (primary N) is 1. The normalized spacial score (nSPS) is 10.4. The summed E-state index contributed by atoms with van der Waals surface area (Å²) in [6.07, 6.45) is 1.72. The molecule has 0 saturated heterocycles. The molecule has 0 atom stereocenters. The van der Waals surface area contributed by atoms with Gasteiger partial charge in [-0.1, -0.05) is 0 Å². The second-order valence-electron chi connectivity index (χ2n) is 3.59. The lowest BCUT2D eigenvalue weighted by Gasteiger charge is -2.10. The topological polar surface area (TPSA) is 80.8 Å². The fourth-order valence-electron chi connectivity index (χ4n) is 1.12. The molecule has 0 unspecified atom stereocenters. The summed E-state index contributed by atoms with van der Waals surface area (Å²) in [5.41, 5.74) is 5.64. The van der Waals surface area contributed by atoms with Gasteiger partial charge in [-0.3, -0.25) is 0 Å². The Labute approximate surface area is 117 Å². The number of nitrogens with zero attached hydrogens (tertiary/aromatic N) is 5. The molecule has 0 aliphatic heterocycles. The van der Waals surface area contributed by atoms with Gasteiger partial charge in [-0.05, 0) is 39.8 Å². The second-order valence-corrected chi connectivity index (χ2v) is 5.49. The first kappa shape index (κ1) is 13.0. The zero-order valence-corrected chi connectivity index (χ0v) is 12.2. The highest BCUT2D eigenvalue weighted by Gasteiger charge is 2.08. The molecule has 0 amide bonds. The number of pyridine rings is 1. The third-order valence-electron chi connectivity index (χ3n) is 1.92. The Hall–Kier alpha value is -1.41. The van der Waals surface area contributed by atoms with E-state index in [9.17, 15) is 0 Å². The summed E-state index contributed by atoms with van der Waals surface area (Å²) in [5.74, 6) is 0.732. The minimum atomic E-state index is 0.202. The summed E-state index contributed by atoms with van der Waals surface area (Å²) in [6.45, 7) is 0. The van der Waals surface area contributed by atoms with Crippen molar-refractivity contribution in [3.05, 3.63) is 22.8 Å². The van der Waals surface area contributed by atoms with Gasteiger partial charge in [0.2, 0.25) is 17.1 Å². The maximum atomic E-state index is 5.64. The maximum Gasteiger partial charge on any atom is 0.230 e. The fourth-order valence-corrected chi connectivity index (χ4v) is 2.05. The highest BCUT2D eigenvalue weighted by atomic mass is 79.9. The van der Waals surface area contributed by atoms with E-state index in [4.69, 9.17) is 5.73 Å². The first-order chi connectivity index (χ1) is 8.54. The quantitative estimate of drug-likeness (QED) is 0.921. The summed E-state index contributed by atoms with van der Waals surface area (Å²) in [7, 11) is 3.70. The van der Waals surface area contributed by atoms with Crippen LogP contribution in [0.5, 0.6) is 0 Å². The molecule has 0 radical (unpaired) electrons. The Morgan fingerprint density at radius 1 is 1.22 bits per heavy atom. The summed E-state index contributed by atoms with van der Waals surface area (Å²) >= 11 is 4.67. The van der Waals surface area contributed by atoms with Crippen molar-refractivity contribution in [3.63, 3.8) is 0 Å². The van der Waals surface area contributed by atoms with Crippen molar-refractivity contribution < 1.29 is 0 Å². The maximum absolute atomic E-state index is 5.64. The van der Waals surface area contributed by atoms with Gasteiger partial charge in [0.1, 0.15) is 5.03 Å². The fraction of sp³-hybridized carbons (Fsp3) is 0.200. The predicted octanol–water partition coefficient (Wildman–Crippen LogP) is 1.83. The molecule has 94 valence electrons. The van der Waals surface area contributed by atoms with Gasteiger partial charge in [-0.2, -0.15) is 15.0 Å². The van der Waals surface area contributed by atoms with Crippen LogP contribution in [0.25, 0.3) is 0 Å². The Bertz CT molecular complexity index is 545. The van der Waals surface area contributed by atoms with Crippen molar-refractivity contribution in [2.24, 2.45) is 0 Å². The number of anilines is 2. The standard InChI is InChI=1S/C10H11BrN6S/c1-17(2)9-14-8(12)15-10(16-9)18-7-4-3-6(11)5-13-7/h3-5H,1-2H3,(H2,12,14,15,16). The first-order valence-electron chi connectivity index (χ1n) is 5.03. The molecule has 0 aromatic carbocycles. The van der Waals surface area contributed by atoms with Crippen LogP contribution < -0.4 is 10.6 Å². The van der Waals surface area contributed by atoms with Crippen LogP contribution >= 0.6 is 27.7 Å². The third-order valence-corrected chi connectivity index (χ3v) is 3.20. The SMILES string of the molecule is CN(C)c1nc(N)nc(Sc2ccc(Br)cn2)n1. The van der Waals surface area contributed by atoms with Crippen molar-refractivity contribution in [2.75, 3.05) is 24.7 Å². The minimum Gasteiger partial charge on any atom is -0.368 e. The van der Waals surface area contributed by atoms with E-state index in [0.717, 1.165) is 9.50 Å². The van der Waals surface area contributed by atoms with Gasteiger partial charge < -0.3 is 10.6 Å². The van der Waals surface area contributed by atoms with Crippen molar-refractivity contribution in [1.82, 2.24) is 19.9 Å². The summed E-state index contributed by atoms with van der Waals surface area (Å²) < 4.78 is 0.927. The van der Waals surface area contributed by atoms with Gasteiger partial charge in [-0.15, -0.1) is 0 Å². The lowest BCUT2D eigenvalue weighted by Crippen LogP contribution is -2.15. The summed E-state index contributed by atoms with van der Waals surface area (Å²) in [5, 5.41) is 1.33. The number of hydrogen-bond acceptors (Lipinski definition) is 7. The molecule has 0 aliphatic rings. The van der Waals surface area contributed by atoms with Crippen LogP contribution in [-0.4, -0.2) is 34.0 Å². The van der Waals surface area contributed by atoms with E-state index in [1.54, 1.807) is 11.1 Å². The predicted molar refractivity (Wildman–Crippen MR) is 74.6 cm³/mol. The zero-order valence-electron chi connectivity index (χ0n) is 9.83. The lowest BCUT2D eigenvalue weighted by molar-refractivity contribution is 0.874. The molecule has 2 heterocycles. The highest BCUT2D eigenvalue weighted by molar-refractivity contribution is 9.10. The average Bonchev–Trinajstić information content (AvgIpc) is 2.31. The highest BCUT2D eigenvalue weighted by Crippen LogP contribution is 2.24. The zero-order chi connectivity index (χ0) is 13.1. The van der Waals surface area contributed by atoms with E-state index in [1.807, 2.05) is 26.2 Å². The third kappa shape index (κ3) is 3.30. The Kier molecular flexibility index (Phi) is 3.97. The van der Waals surface area contributed by atoms with E-state index in [-0.39, 0.29) is 5.95 Å². The largest absolute Gasteiger partial charge is 0.368 e. The van der Waals surface area contributed by atoms with Gasteiger partial charge in [0.25, 0.3) is 0 Å². The van der Waals surface area contributed by atoms with Gasteiger partial charge in [0, 0.05) is 24.8 Å². The van der Waals surface area contributed by atoms with Gasteiger partial charge in [0.05, 0.1) is 0 Å². The van der Waals surface area contributed by atoms with Crippen LogP contribution in [0, 0.1) is 0 Å². The summed E-state index contributed by atoms with van der Waals surface area (Å²) in [4.78, 5) is 18.4. The van der Waals surface area contributed by atoms with E-state index >= 15 is 0 Å². The molecule has 2 aromatic rings. The van der Waals surface area contributed by atoms with E-state index < -0.39 is 0 Å². The number of nitrogen functional groups attached to an aromatic ring is 1. The van der Waals surface area contributed by atoms with Crippen LogP contribution in [0.1, 0.15) is 0 Å². The van der Waals surface area contributed by atoms with Crippen LogP contribution in [-0.2, 0) is 0 Å². The molecule has 8 heteroatoms. The van der Waals surface area contributed by atoms with Crippen molar-refractivity contribution in [2.45, 2.75) is 10.2 Å². The molecule has 0 bridgehead atoms. The average molecular weight is 327 g/mol. The molecule has 2 aromatic heterocycles. The lowest BCUT2D eigenvalue weighted by atomic mass is 10.5. The second kappa shape index (κ2) is 5.49. The molecule has 6 nitrogen and oxygen atoms in total. The van der Waals surface area contributed by atoms with E-state index in [1.165, 1.54) is 11.8 Å². The van der Waals surface area contributed by atoms with Crippen LogP contribution in [0.4, 0.5) is 11.9 Å². The van der Waals surface area contributed by atoms with Crippen molar-refractivity contribution in [1.29, 1.82) is 0 Å². The number of hydrogen-bond donors (Lipinski definition) is 1. The minimum absolute atomic E-state index is 0.202. The summed E-state index contributed by atoms with van der Waals surface area (Å²) in [6, 6.07) is 3.79. The monoisotopic (exact) mass is 326 g/mol.